The molecule has 1 aliphatic rings. The molecule has 1 aromatic carbocycles. The molecule has 5 N–H and O–H groups in total. The fourth-order valence-electron chi connectivity index (χ4n) is 3.27. The van der Waals surface area contributed by atoms with Gasteiger partial charge >= 0.3 is 0 Å². The summed E-state index contributed by atoms with van der Waals surface area (Å²) in [4.78, 5) is 41.7. The molecule has 1 aromatic heterocycles. The second kappa shape index (κ2) is 7.49. The van der Waals surface area contributed by atoms with Gasteiger partial charge in [-0.15, -0.1) is 0 Å². The summed E-state index contributed by atoms with van der Waals surface area (Å²) in [7, 11) is 0. The average molecular weight is 355 g/mol. The lowest BCUT2D eigenvalue weighted by atomic mass is 10.1. The van der Waals surface area contributed by atoms with Gasteiger partial charge in [0.05, 0.1) is 12.5 Å². The van der Waals surface area contributed by atoms with Crippen LogP contribution in [-0.4, -0.2) is 46.2 Å². The number of rotatable bonds is 5. The summed E-state index contributed by atoms with van der Waals surface area (Å²) >= 11 is 0. The number of nitrogens with one attached hydrogen (secondary N) is 1. The summed E-state index contributed by atoms with van der Waals surface area (Å²) in [5.74, 6) is -1.34. The number of carbonyl (C=O) groups is 3. The summed E-state index contributed by atoms with van der Waals surface area (Å²) in [6.07, 6.45) is 4.39. The smallest absolute Gasteiger partial charge is 0.247 e. The molecule has 2 heterocycles. The topological polar surface area (TPSA) is 131 Å². The lowest BCUT2D eigenvalue weighted by molar-refractivity contribution is -0.138. The van der Waals surface area contributed by atoms with Crippen molar-refractivity contribution in [2.45, 2.75) is 31.3 Å². The Hall–Kier alpha value is -3.00. The molecule has 26 heavy (non-hydrogen) atoms. The summed E-state index contributed by atoms with van der Waals surface area (Å²) in [6.45, 7) is 0.433. The van der Waals surface area contributed by atoms with E-state index in [1.807, 2.05) is 18.2 Å². The minimum Gasteiger partial charge on any atom is -0.370 e. The Balaban J connectivity index is 1.76. The number of amides is 3. The van der Waals surface area contributed by atoms with E-state index in [1.165, 1.54) is 4.90 Å². The van der Waals surface area contributed by atoms with E-state index in [0.29, 0.717) is 25.1 Å². The number of benzene rings is 1. The van der Waals surface area contributed by atoms with E-state index in [2.05, 4.69) is 10.3 Å². The van der Waals surface area contributed by atoms with E-state index >= 15 is 0 Å². The van der Waals surface area contributed by atoms with Crippen molar-refractivity contribution < 1.29 is 14.4 Å². The number of pyridine rings is 1. The van der Waals surface area contributed by atoms with Gasteiger partial charge in [-0.25, -0.2) is 0 Å². The first-order valence-corrected chi connectivity index (χ1v) is 8.45. The maximum Gasteiger partial charge on any atom is 0.247 e. The number of nitrogens with zero attached hydrogens (tertiary/aromatic N) is 2. The molecule has 0 unspecified atom stereocenters. The van der Waals surface area contributed by atoms with Crippen LogP contribution in [-0.2, 0) is 14.4 Å². The first-order valence-electron chi connectivity index (χ1n) is 8.45. The molecule has 0 aliphatic carbocycles. The van der Waals surface area contributed by atoms with Crippen LogP contribution in [0.3, 0.4) is 0 Å². The summed E-state index contributed by atoms with van der Waals surface area (Å²) < 4.78 is 0. The molecular weight excluding hydrogens is 334 g/mol. The zero-order valence-electron chi connectivity index (χ0n) is 14.2. The number of aromatic nitrogens is 1. The van der Waals surface area contributed by atoms with Crippen LogP contribution in [0.4, 0.5) is 5.69 Å². The lowest BCUT2D eigenvalue weighted by Crippen LogP contribution is -2.50. The van der Waals surface area contributed by atoms with Gasteiger partial charge in [0.25, 0.3) is 0 Å². The number of anilines is 1. The van der Waals surface area contributed by atoms with Gasteiger partial charge in [-0.05, 0) is 25.0 Å². The number of hydrogen-bond acceptors (Lipinski definition) is 5. The van der Waals surface area contributed by atoms with E-state index < -0.39 is 23.9 Å². The van der Waals surface area contributed by atoms with Gasteiger partial charge in [-0.3, -0.25) is 19.4 Å². The average Bonchev–Trinajstić information content (AvgIpc) is 3.10. The number of hydrogen-bond donors (Lipinski definition) is 3. The van der Waals surface area contributed by atoms with Crippen molar-refractivity contribution >= 4 is 34.2 Å². The Morgan fingerprint density at radius 2 is 2.12 bits per heavy atom. The molecule has 0 saturated carbocycles. The van der Waals surface area contributed by atoms with E-state index in [0.717, 1.165) is 10.8 Å². The van der Waals surface area contributed by atoms with Crippen LogP contribution in [0, 0.1) is 0 Å². The Labute approximate surface area is 150 Å². The first kappa shape index (κ1) is 17.8. The predicted molar refractivity (Wildman–Crippen MR) is 96.9 cm³/mol. The highest BCUT2D eigenvalue weighted by atomic mass is 16.2. The fourth-order valence-corrected chi connectivity index (χ4v) is 3.27. The number of fused-ring (bicyclic) bond motifs is 1. The quantitative estimate of drug-likeness (QED) is 0.713. The minimum absolute atomic E-state index is 0.236. The second-order valence-electron chi connectivity index (χ2n) is 6.36. The molecule has 3 amide bonds. The molecule has 0 spiro atoms. The molecule has 1 fully saturated rings. The number of primary amides is 1. The van der Waals surface area contributed by atoms with Gasteiger partial charge in [-0.2, -0.15) is 0 Å². The third-order valence-corrected chi connectivity index (χ3v) is 4.52. The van der Waals surface area contributed by atoms with Crippen LogP contribution >= 0.6 is 0 Å². The Bertz CT molecular complexity index is 848. The van der Waals surface area contributed by atoms with Gasteiger partial charge in [0.2, 0.25) is 17.7 Å². The van der Waals surface area contributed by atoms with Gasteiger partial charge < -0.3 is 21.7 Å². The third kappa shape index (κ3) is 3.65. The van der Waals surface area contributed by atoms with E-state index in [1.54, 1.807) is 18.5 Å². The fraction of sp³-hybridized carbons (Fsp3) is 0.333. The second-order valence-corrected chi connectivity index (χ2v) is 6.36. The molecule has 3 rings (SSSR count). The van der Waals surface area contributed by atoms with Crippen LogP contribution in [0.25, 0.3) is 10.8 Å². The Morgan fingerprint density at radius 3 is 2.88 bits per heavy atom. The maximum absolute atomic E-state index is 12.8. The lowest BCUT2D eigenvalue weighted by Gasteiger charge is -2.26. The highest BCUT2D eigenvalue weighted by Crippen LogP contribution is 2.25. The molecular formula is C18H21N5O3. The molecule has 1 saturated heterocycles. The molecule has 8 nitrogen and oxygen atoms in total. The van der Waals surface area contributed by atoms with Crippen molar-refractivity contribution in [1.29, 1.82) is 0 Å². The number of carbonyl (C=O) groups excluding carboxylic acids is 3. The molecule has 8 heteroatoms. The highest BCUT2D eigenvalue weighted by molar-refractivity contribution is 6.05. The first-order chi connectivity index (χ1) is 12.5. The number of likely N-dealkylation sites (tertiary alicyclic amines) is 1. The summed E-state index contributed by atoms with van der Waals surface area (Å²) in [6, 6.07) is 5.74. The predicted octanol–water partition coefficient (Wildman–Crippen LogP) is 0.367. The van der Waals surface area contributed by atoms with Crippen LogP contribution in [0.15, 0.2) is 36.7 Å². The largest absolute Gasteiger partial charge is 0.370 e. The van der Waals surface area contributed by atoms with Crippen molar-refractivity contribution in [2.24, 2.45) is 11.5 Å². The van der Waals surface area contributed by atoms with Crippen LogP contribution in [0.5, 0.6) is 0 Å². The normalized spacial score (nSPS) is 17.9. The van der Waals surface area contributed by atoms with Crippen molar-refractivity contribution in [2.75, 3.05) is 11.9 Å². The van der Waals surface area contributed by atoms with Crippen molar-refractivity contribution in [3.63, 3.8) is 0 Å². The molecule has 0 radical (unpaired) electrons. The Morgan fingerprint density at radius 1 is 1.31 bits per heavy atom. The van der Waals surface area contributed by atoms with Crippen LogP contribution in [0.2, 0.25) is 0 Å². The van der Waals surface area contributed by atoms with Crippen LogP contribution < -0.4 is 16.8 Å². The zero-order valence-corrected chi connectivity index (χ0v) is 14.2. The molecule has 0 bridgehead atoms. The van der Waals surface area contributed by atoms with E-state index in [4.69, 9.17) is 11.5 Å². The summed E-state index contributed by atoms with van der Waals surface area (Å²) in [5, 5.41) is 4.68. The molecule has 136 valence electrons. The van der Waals surface area contributed by atoms with Crippen molar-refractivity contribution in [1.82, 2.24) is 9.88 Å². The summed E-state index contributed by atoms with van der Waals surface area (Å²) in [5.41, 5.74) is 11.5. The monoisotopic (exact) mass is 355 g/mol. The van der Waals surface area contributed by atoms with Gasteiger partial charge in [0.15, 0.2) is 0 Å². The SMILES string of the molecule is NC(=O)C[C@H](N)C(=O)N1CCC[C@H]1C(=O)Nc1cccc2cnccc12. The Kier molecular flexibility index (Phi) is 5.13. The van der Waals surface area contributed by atoms with Crippen LogP contribution in [0.1, 0.15) is 19.3 Å². The minimum atomic E-state index is -1.02. The standard InChI is InChI=1S/C18H21N5O3/c19-13(9-16(20)24)18(26)23-8-2-5-15(23)17(25)22-14-4-1-3-11-10-21-7-6-12(11)14/h1,3-4,6-7,10,13,15H,2,5,8-9,19H2,(H2,20,24)(H,22,25)/t13-,15-/m0/s1. The van der Waals surface area contributed by atoms with Gasteiger partial charge in [0.1, 0.15) is 6.04 Å². The van der Waals surface area contributed by atoms with E-state index in [-0.39, 0.29) is 12.3 Å². The molecule has 2 atom stereocenters. The maximum atomic E-state index is 12.8. The van der Waals surface area contributed by atoms with E-state index in [9.17, 15) is 14.4 Å². The third-order valence-electron chi connectivity index (χ3n) is 4.52. The van der Waals surface area contributed by atoms with Gasteiger partial charge in [-0.1, -0.05) is 12.1 Å². The highest BCUT2D eigenvalue weighted by Gasteiger charge is 2.36. The zero-order chi connectivity index (χ0) is 18.7. The van der Waals surface area contributed by atoms with Crippen molar-refractivity contribution in [3.8, 4) is 0 Å². The van der Waals surface area contributed by atoms with Crippen molar-refractivity contribution in [3.05, 3.63) is 36.7 Å². The molecule has 2 aromatic rings. The number of nitrogens with two attached hydrogens (primary N) is 2. The van der Waals surface area contributed by atoms with Gasteiger partial charge in [0, 0.05) is 35.4 Å². The molecule has 1 aliphatic heterocycles.